The fourth-order valence-electron chi connectivity index (χ4n) is 2.30. The molecule has 1 aromatic heterocycles. The highest BCUT2D eigenvalue weighted by Crippen LogP contribution is 2.21. The minimum absolute atomic E-state index is 0.569. The first-order chi connectivity index (χ1) is 9.81. The maximum Gasteiger partial charge on any atom is 0.133 e. The molecule has 0 aliphatic carbocycles. The predicted molar refractivity (Wildman–Crippen MR) is 88.8 cm³/mol. The molecule has 2 heterocycles. The number of hydrogen-bond acceptors (Lipinski definition) is 5. The molecule has 0 bridgehead atoms. The molecule has 1 aromatic rings. The van der Waals surface area contributed by atoms with Gasteiger partial charge in [0.2, 0.25) is 0 Å². The molecule has 0 aromatic carbocycles. The minimum Gasteiger partial charge on any atom is -0.370 e. The number of thioether (sulfide) groups is 1. The first-order valence-corrected chi connectivity index (χ1v) is 8.93. The van der Waals surface area contributed by atoms with Gasteiger partial charge >= 0.3 is 0 Å². The smallest absolute Gasteiger partial charge is 0.133 e. The third kappa shape index (κ3) is 4.85. The van der Waals surface area contributed by atoms with Gasteiger partial charge in [-0.15, -0.1) is 0 Å². The monoisotopic (exact) mass is 294 g/mol. The average Bonchev–Trinajstić information content (AvgIpc) is 2.46. The Labute approximate surface area is 126 Å². The summed E-state index contributed by atoms with van der Waals surface area (Å²) >= 11 is 2.05. The molecule has 2 rings (SSSR count). The van der Waals surface area contributed by atoms with Crippen molar-refractivity contribution in [2.24, 2.45) is 0 Å². The summed E-state index contributed by atoms with van der Waals surface area (Å²) in [6.45, 7) is 5.29. The van der Waals surface area contributed by atoms with Crippen LogP contribution in [0, 0.1) is 0 Å². The van der Waals surface area contributed by atoms with Gasteiger partial charge in [0, 0.05) is 25.1 Å². The molecule has 4 nitrogen and oxygen atoms in total. The van der Waals surface area contributed by atoms with Crippen molar-refractivity contribution < 1.29 is 0 Å². The molecule has 1 aliphatic heterocycles. The fraction of sp³-hybridized carbons (Fsp3) is 0.733. The van der Waals surface area contributed by atoms with E-state index in [0.29, 0.717) is 6.04 Å². The zero-order valence-electron chi connectivity index (χ0n) is 12.6. The third-order valence-corrected chi connectivity index (χ3v) is 4.42. The van der Waals surface area contributed by atoms with E-state index >= 15 is 0 Å². The van der Waals surface area contributed by atoms with Crippen molar-refractivity contribution in [2.75, 3.05) is 28.7 Å². The first-order valence-electron chi connectivity index (χ1n) is 7.78. The highest BCUT2D eigenvalue weighted by atomic mass is 32.2. The van der Waals surface area contributed by atoms with Gasteiger partial charge in [0.25, 0.3) is 0 Å². The molecule has 0 unspecified atom stereocenters. The lowest BCUT2D eigenvalue weighted by Gasteiger charge is -2.23. The molecule has 0 amide bonds. The number of rotatable bonds is 7. The summed E-state index contributed by atoms with van der Waals surface area (Å²) < 4.78 is 0. The summed E-state index contributed by atoms with van der Waals surface area (Å²) in [6, 6.07) is 2.62. The van der Waals surface area contributed by atoms with Crippen LogP contribution in [0.2, 0.25) is 0 Å². The second-order valence-corrected chi connectivity index (χ2v) is 6.49. The Kier molecular flexibility index (Phi) is 6.43. The van der Waals surface area contributed by atoms with Crippen LogP contribution in [0.4, 0.5) is 11.6 Å². The van der Waals surface area contributed by atoms with E-state index in [9.17, 15) is 0 Å². The van der Waals surface area contributed by atoms with Crippen molar-refractivity contribution in [3.05, 3.63) is 11.9 Å². The molecule has 20 heavy (non-hydrogen) atoms. The Morgan fingerprint density at radius 3 is 2.60 bits per heavy atom. The summed E-state index contributed by atoms with van der Waals surface area (Å²) in [5, 5.41) is 6.97. The lowest BCUT2D eigenvalue weighted by Crippen LogP contribution is -2.25. The molecule has 0 radical (unpaired) electrons. The highest BCUT2D eigenvalue weighted by Gasteiger charge is 2.14. The van der Waals surface area contributed by atoms with Gasteiger partial charge in [-0.1, -0.05) is 13.8 Å². The lowest BCUT2D eigenvalue weighted by atomic mass is 10.1. The van der Waals surface area contributed by atoms with Gasteiger partial charge in [-0.2, -0.15) is 11.8 Å². The van der Waals surface area contributed by atoms with Gasteiger partial charge in [-0.3, -0.25) is 0 Å². The Morgan fingerprint density at radius 1 is 1.15 bits per heavy atom. The lowest BCUT2D eigenvalue weighted by molar-refractivity contribution is 0.662. The molecule has 0 atom stereocenters. The summed E-state index contributed by atoms with van der Waals surface area (Å²) in [4.78, 5) is 9.24. The number of aromatic nitrogens is 2. The third-order valence-electron chi connectivity index (χ3n) is 3.38. The van der Waals surface area contributed by atoms with Gasteiger partial charge < -0.3 is 10.6 Å². The van der Waals surface area contributed by atoms with E-state index in [0.717, 1.165) is 43.3 Å². The van der Waals surface area contributed by atoms with Gasteiger partial charge in [0.1, 0.15) is 17.5 Å². The summed E-state index contributed by atoms with van der Waals surface area (Å²) in [5.74, 6) is 5.40. The van der Waals surface area contributed by atoms with Crippen LogP contribution in [0.1, 0.15) is 45.4 Å². The Balaban J connectivity index is 2.06. The van der Waals surface area contributed by atoms with Crippen LogP contribution in [-0.2, 0) is 6.42 Å². The van der Waals surface area contributed by atoms with E-state index in [2.05, 4.69) is 40.5 Å². The Bertz CT molecular complexity index is 405. The summed E-state index contributed by atoms with van der Waals surface area (Å²) in [7, 11) is 0. The van der Waals surface area contributed by atoms with Crippen LogP contribution in [0.25, 0.3) is 0 Å². The quantitative estimate of drug-likeness (QED) is 0.805. The maximum atomic E-state index is 4.66. The predicted octanol–water partition coefficient (Wildman–Crippen LogP) is 3.56. The Morgan fingerprint density at radius 2 is 1.90 bits per heavy atom. The fourth-order valence-corrected chi connectivity index (χ4v) is 3.41. The van der Waals surface area contributed by atoms with Crippen LogP contribution in [0.3, 0.4) is 0 Å². The molecule has 1 saturated heterocycles. The molecule has 112 valence electrons. The van der Waals surface area contributed by atoms with Crippen molar-refractivity contribution in [3.8, 4) is 0 Å². The number of nitrogens with one attached hydrogen (secondary N) is 2. The van der Waals surface area contributed by atoms with E-state index in [1.165, 1.54) is 24.3 Å². The van der Waals surface area contributed by atoms with Crippen LogP contribution in [0.15, 0.2) is 6.07 Å². The molecular weight excluding hydrogens is 268 g/mol. The van der Waals surface area contributed by atoms with Crippen molar-refractivity contribution in [3.63, 3.8) is 0 Å². The molecule has 1 aliphatic rings. The van der Waals surface area contributed by atoms with Crippen LogP contribution >= 0.6 is 11.8 Å². The maximum absolute atomic E-state index is 4.66. The zero-order valence-corrected chi connectivity index (χ0v) is 13.4. The number of aryl methyl sites for hydroxylation is 1. The second kappa shape index (κ2) is 8.35. The van der Waals surface area contributed by atoms with Gasteiger partial charge in [0.15, 0.2) is 0 Å². The largest absolute Gasteiger partial charge is 0.370 e. The van der Waals surface area contributed by atoms with Crippen molar-refractivity contribution in [1.82, 2.24) is 9.97 Å². The molecule has 5 heteroatoms. The van der Waals surface area contributed by atoms with E-state index in [4.69, 9.17) is 0 Å². The van der Waals surface area contributed by atoms with Gasteiger partial charge in [-0.05, 0) is 37.2 Å². The topological polar surface area (TPSA) is 49.8 Å². The average molecular weight is 294 g/mol. The number of nitrogens with zero attached hydrogens (tertiary/aromatic N) is 2. The standard InChI is InChI=1S/C15H26N4S/c1-3-5-13-18-14(16-8-4-2)11-15(19-13)17-12-6-9-20-10-7-12/h11-12H,3-10H2,1-2H3,(H2,16,17,18,19). The number of anilines is 2. The molecular formula is C15H26N4S. The van der Waals surface area contributed by atoms with E-state index in [1.54, 1.807) is 0 Å². The SMILES string of the molecule is CCCNc1cc(NC2CCSCC2)nc(CCC)n1. The molecule has 0 saturated carbocycles. The zero-order chi connectivity index (χ0) is 14.2. The van der Waals surface area contributed by atoms with Crippen LogP contribution < -0.4 is 10.6 Å². The summed E-state index contributed by atoms with van der Waals surface area (Å²) in [6.07, 6.45) is 5.59. The van der Waals surface area contributed by atoms with Crippen molar-refractivity contribution in [2.45, 2.75) is 52.0 Å². The second-order valence-electron chi connectivity index (χ2n) is 5.26. The number of hydrogen-bond donors (Lipinski definition) is 2. The van der Waals surface area contributed by atoms with Crippen LogP contribution in [-0.4, -0.2) is 34.1 Å². The minimum atomic E-state index is 0.569. The molecule has 1 fully saturated rings. The normalized spacial score (nSPS) is 16.1. The highest BCUT2D eigenvalue weighted by molar-refractivity contribution is 7.99. The van der Waals surface area contributed by atoms with Crippen LogP contribution in [0.5, 0.6) is 0 Å². The Hall–Kier alpha value is -0.970. The van der Waals surface area contributed by atoms with Gasteiger partial charge in [-0.25, -0.2) is 9.97 Å². The van der Waals surface area contributed by atoms with Crippen molar-refractivity contribution in [1.29, 1.82) is 0 Å². The molecule has 0 spiro atoms. The van der Waals surface area contributed by atoms with Gasteiger partial charge in [0.05, 0.1) is 0 Å². The first kappa shape index (κ1) is 15.4. The van der Waals surface area contributed by atoms with E-state index < -0.39 is 0 Å². The van der Waals surface area contributed by atoms with E-state index in [-0.39, 0.29) is 0 Å². The molecule has 2 N–H and O–H groups in total. The summed E-state index contributed by atoms with van der Waals surface area (Å²) in [5.41, 5.74) is 0. The van der Waals surface area contributed by atoms with E-state index in [1.807, 2.05) is 11.8 Å². The van der Waals surface area contributed by atoms with Crippen molar-refractivity contribution >= 4 is 23.4 Å².